The molecule has 0 aromatic carbocycles. The van der Waals surface area contributed by atoms with E-state index in [9.17, 15) is 14.4 Å². The van der Waals surface area contributed by atoms with Crippen molar-refractivity contribution in [3.63, 3.8) is 0 Å². The fourth-order valence-corrected chi connectivity index (χ4v) is 9.08. The molecule has 0 amide bonds. The zero-order chi connectivity index (χ0) is 58.5. The van der Waals surface area contributed by atoms with Gasteiger partial charge in [0.2, 0.25) is 0 Å². The van der Waals surface area contributed by atoms with Gasteiger partial charge in [-0.25, -0.2) is 0 Å². The van der Waals surface area contributed by atoms with E-state index >= 15 is 0 Å². The number of rotatable bonds is 60. The van der Waals surface area contributed by atoms with Gasteiger partial charge in [-0.15, -0.1) is 0 Å². The molecule has 1 atom stereocenters. The molecule has 0 aromatic heterocycles. The normalized spacial score (nSPS) is 13.0. The fourth-order valence-electron chi connectivity index (χ4n) is 9.08. The van der Waals surface area contributed by atoms with Crippen molar-refractivity contribution in [2.24, 2.45) is 0 Å². The molecule has 0 fully saturated rings. The van der Waals surface area contributed by atoms with E-state index in [1.165, 1.54) is 154 Å². The van der Waals surface area contributed by atoms with Gasteiger partial charge < -0.3 is 14.2 Å². The van der Waals surface area contributed by atoms with E-state index in [0.29, 0.717) is 19.3 Å². The first-order valence-electron chi connectivity index (χ1n) is 33.7. The van der Waals surface area contributed by atoms with Crippen LogP contribution in [-0.4, -0.2) is 37.2 Å². The average Bonchev–Trinajstić information content (AvgIpc) is 3.47. The molecule has 0 spiro atoms. The number of hydrogen-bond donors (Lipinski definition) is 0. The van der Waals surface area contributed by atoms with Gasteiger partial charge in [0.15, 0.2) is 6.10 Å². The molecule has 0 bridgehead atoms. The summed E-state index contributed by atoms with van der Waals surface area (Å²) in [5.74, 6) is -0.968. The quantitative estimate of drug-likeness (QED) is 0.0261. The number of unbranched alkanes of at least 4 members (excludes halogenated alkanes) is 27. The fraction of sp³-hybridized carbons (Fsp3) is 0.667. The van der Waals surface area contributed by atoms with Crippen LogP contribution in [-0.2, 0) is 28.6 Å². The second kappa shape index (κ2) is 68.1. The molecular formula is C75H124O6. The highest BCUT2D eigenvalue weighted by molar-refractivity contribution is 5.71. The van der Waals surface area contributed by atoms with Crippen LogP contribution in [0, 0.1) is 0 Å². The van der Waals surface area contributed by atoms with Crippen LogP contribution >= 0.6 is 0 Å². The summed E-state index contributed by atoms with van der Waals surface area (Å²) in [7, 11) is 0. The molecule has 0 aromatic rings. The summed E-state index contributed by atoms with van der Waals surface area (Å²) < 4.78 is 16.9. The van der Waals surface area contributed by atoms with Crippen LogP contribution in [0.25, 0.3) is 0 Å². The number of carbonyl (C=O) groups excluding carboxylic acids is 3. The second-order valence-electron chi connectivity index (χ2n) is 22.0. The molecule has 0 rings (SSSR count). The molecule has 0 saturated carbocycles. The maximum atomic E-state index is 13.0. The topological polar surface area (TPSA) is 78.9 Å². The lowest BCUT2D eigenvalue weighted by Crippen LogP contribution is -2.30. The van der Waals surface area contributed by atoms with E-state index < -0.39 is 6.10 Å². The Kier molecular flexibility index (Phi) is 64.3. The van der Waals surface area contributed by atoms with Crippen LogP contribution in [0.15, 0.2) is 134 Å². The Hall–Kier alpha value is -4.45. The van der Waals surface area contributed by atoms with E-state index in [0.717, 1.165) is 103 Å². The first-order chi connectivity index (χ1) is 40.0. The van der Waals surface area contributed by atoms with Crippen molar-refractivity contribution in [1.29, 1.82) is 0 Å². The minimum absolute atomic E-state index is 0.103. The van der Waals surface area contributed by atoms with Crippen LogP contribution in [0.2, 0.25) is 0 Å². The van der Waals surface area contributed by atoms with Gasteiger partial charge in [-0.05, 0) is 135 Å². The molecule has 0 saturated heterocycles. The SMILES string of the molecule is CC/C=C\C/C=C\C/C=C\C/C=C\C/C=C\C/C=C\C/C=C\CCCC(=O)OCC(COC(=O)CCCCCCCCCCC/C=C\C/C=C\CCCCC)OC(=O)CCCCCCCCCCC/C=C\C/C=C\CCCCCCC. The van der Waals surface area contributed by atoms with Gasteiger partial charge in [-0.3, -0.25) is 14.4 Å². The monoisotopic (exact) mass is 1120 g/mol. The Labute approximate surface area is 500 Å². The van der Waals surface area contributed by atoms with Gasteiger partial charge in [0, 0.05) is 19.3 Å². The van der Waals surface area contributed by atoms with Gasteiger partial charge in [-0.2, -0.15) is 0 Å². The first-order valence-corrected chi connectivity index (χ1v) is 33.7. The Morgan fingerprint density at radius 1 is 0.259 bits per heavy atom. The Bertz CT molecular complexity index is 1720. The molecular weight excluding hydrogens is 997 g/mol. The summed E-state index contributed by atoms with van der Waals surface area (Å²) in [5, 5.41) is 0. The predicted molar refractivity (Wildman–Crippen MR) is 353 cm³/mol. The largest absolute Gasteiger partial charge is 0.462 e. The van der Waals surface area contributed by atoms with Gasteiger partial charge in [-0.1, -0.05) is 283 Å². The van der Waals surface area contributed by atoms with Crippen molar-refractivity contribution in [3.8, 4) is 0 Å². The molecule has 81 heavy (non-hydrogen) atoms. The van der Waals surface area contributed by atoms with Gasteiger partial charge in [0.25, 0.3) is 0 Å². The zero-order valence-corrected chi connectivity index (χ0v) is 52.8. The summed E-state index contributed by atoms with van der Waals surface area (Å²) in [5.41, 5.74) is 0. The van der Waals surface area contributed by atoms with E-state index in [1.54, 1.807) is 0 Å². The number of allylic oxidation sites excluding steroid dienone is 22. The van der Waals surface area contributed by atoms with Crippen molar-refractivity contribution in [2.45, 2.75) is 309 Å². The van der Waals surface area contributed by atoms with E-state index in [-0.39, 0.29) is 37.5 Å². The second-order valence-corrected chi connectivity index (χ2v) is 22.0. The molecule has 0 aliphatic heterocycles. The molecule has 0 N–H and O–H groups in total. The molecule has 0 aliphatic rings. The van der Waals surface area contributed by atoms with Crippen molar-refractivity contribution in [2.75, 3.05) is 13.2 Å². The highest BCUT2D eigenvalue weighted by Crippen LogP contribution is 2.15. The van der Waals surface area contributed by atoms with Crippen molar-refractivity contribution in [1.82, 2.24) is 0 Å². The van der Waals surface area contributed by atoms with Gasteiger partial charge in [0.1, 0.15) is 13.2 Å². The standard InChI is InChI=1S/C75H124O6/c1-4-7-10-13-16-19-22-25-28-31-34-36-37-39-41-44-47-50-53-56-59-62-65-68-74(77)80-71-72(70-79-73(76)67-64-61-58-55-52-49-46-43-40-33-30-27-24-21-18-15-12-9-6-3)81-75(78)69-66-63-60-57-54-51-48-45-42-38-35-32-29-26-23-20-17-14-11-8-5-2/h7,10,16,18-19,21,23,25-28,30,32,34-36,39,41,47,50,56,59,72H,4-6,8-9,11-15,17,20,22,24,29,31,33,37-38,40,42-46,48-49,51-55,57-58,60-71H2,1-3H3/b10-7-,19-16-,21-18-,26-23-,28-25-,30-27-,35-32-,36-34-,41-39-,50-47-,59-56-. The molecule has 6 nitrogen and oxygen atoms in total. The van der Waals surface area contributed by atoms with Crippen molar-refractivity contribution < 1.29 is 28.6 Å². The molecule has 0 radical (unpaired) electrons. The van der Waals surface area contributed by atoms with E-state index in [2.05, 4.69) is 154 Å². The Morgan fingerprint density at radius 2 is 0.494 bits per heavy atom. The number of carbonyl (C=O) groups is 3. The van der Waals surface area contributed by atoms with Crippen molar-refractivity contribution >= 4 is 17.9 Å². The summed E-state index contributed by atoms with van der Waals surface area (Å²) in [6.45, 7) is 6.46. The first kappa shape index (κ1) is 76.5. The molecule has 1 unspecified atom stereocenters. The predicted octanol–water partition coefficient (Wildman–Crippen LogP) is 23.3. The zero-order valence-electron chi connectivity index (χ0n) is 52.8. The minimum Gasteiger partial charge on any atom is -0.462 e. The number of hydrogen-bond acceptors (Lipinski definition) is 6. The van der Waals surface area contributed by atoms with Crippen LogP contribution in [0.4, 0.5) is 0 Å². The highest BCUT2D eigenvalue weighted by Gasteiger charge is 2.19. The maximum absolute atomic E-state index is 13.0. The molecule has 6 heteroatoms. The Balaban J connectivity index is 4.51. The lowest BCUT2D eigenvalue weighted by atomic mass is 10.1. The third-order valence-electron chi connectivity index (χ3n) is 14.1. The third kappa shape index (κ3) is 66.2. The molecule has 460 valence electrons. The lowest BCUT2D eigenvalue weighted by molar-refractivity contribution is -0.167. The van der Waals surface area contributed by atoms with Crippen LogP contribution in [0.5, 0.6) is 0 Å². The van der Waals surface area contributed by atoms with Crippen LogP contribution in [0.1, 0.15) is 303 Å². The third-order valence-corrected chi connectivity index (χ3v) is 14.1. The van der Waals surface area contributed by atoms with Crippen molar-refractivity contribution in [3.05, 3.63) is 134 Å². The van der Waals surface area contributed by atoms with Gasteiger partial charge in [0.05, 0.1) is 0 Å². The summed E-state index contributed by atoms with van der Waals surface area (Å²) in [6.07, 6.45) is 96.0. The summed E-state index contributed by atoms with van der Waals surface area (Å²) >= 11 is 0. The van der Waals surface area contributed by atoms with E-state index in [1.807, 2.05) is 0 Å². The summed E-state index contributed by atoms with van der Waals surface area (Å²) in [6, 6.07) is 0. The molecule has 0 aliphatic carbocycles. The average molecular weight is 1120 g/mol. The number of ether oxygens (including phenoxy) is 3. The van der Waals surface area contributed by atoms with Crippen LogP contribution < -0.4 is 0 Å². The smallest absolute Gasteiger partial charge is 0.306 e. The maximum Gasteiger partial charge on any atom is 0.306 e. The lowest BCUT2D eigenvalue weighted by Gasteiger charge is -2.18. The Morgan fingerprint density at radius 3 is 0.827 bits per heavy atom. The minimum atomic E-state index is -0.813. The number of esters is 3. The highest BCUT2D eigenvalue weighted by atomic mass is 16.6. The molecule has 0 heterocycles. The van der Waals surface area contributed by atoms with Gasteiger partial charge >= 0.3 is 17.9 Å². The van der Waals surface area contributed by atoms with Crippen LogP contribution in [0.3, 0.4) is 0 Å². The van der Waals surface area contributed by atoms with E-state index in [4.69, 9.17) is 14.2 Å². The summed E-state index contributed by atoms with van der Waals surface area (Å²) in [4.78, 5) is 38.4.